The highest BCUT2D eigenvalue weighted by Crippen LogP contribution is 2.27. The fourth-order valence-corrected chi connectivity index (χ4v) is 2.58. The van der Waals surface area contributed by atoms with Crippen LogP contribution in [0.4, 0.5) is 0 Å². The fourth-order valence-electron chi connectivity index (χ4n) is 2.58. The van der Waals surface area contributed by atoms with Crippen molar-refractivity contribution in [1.82, 2.24) is 0 Å². The van der Waals surface area contributed by atoms with E-state index in [4.69, 9.17) is 0 Å². The van der Waals surface area contributed by atoms with Gasteiger partial charge in [-0.2, -0.15) is 0 Å². The molecule has 0 aliphatic heterocycles. The van der Waals surface area contributed by atoms with Crippen LogP contribution in [0.3, 0.4) is 0 Å². The summed E-state index contributed by atoms with van der Waals surface area (Å²) in [6, 6.07) is 28.9. The maximum absolute atomic E-state index is 3.27. The highest BCUT2D eigenvalue weighted by Gasteiger charge is 2.12. The molecule has 0 atom stereocenters. The molecule has 0 bridgehead atoms. The Labute approximate surface area is 133 Å². The van der Waals surface area contributed by atoms with Crippen molar-refractivity contribution in [3.63, 3.8) is 0 Å². The minimum absolute atomic E-state index is 0.200. The van der Waals surface area contributed by atoms with Gasteiger partial charge in [-0.1, -0.05) is 93.6 Å². The summed E-state index contributed by atoms with van der Waals surface area (Å²) in [5, 5.41) is 0. The summed E-state index contributed by atoms with van der Waals surface area (Å²) in [6.07, 6.45) is 0. The van der Waals surface area contributed by atoms with Crippen molar-refractivity contribution in [3.05, 3.63) is 84.4 Å². The average Bonchev–Trinajstić information content (AvgIpc) is 2.55. The van der Waals surface area contributed by atoms with Crippen molar-refractivity contribution in [2.24, 2.45) is 0 Å². The van der Waals surface area contributed by atoms with E-state index < -0.39 is 0 Å². The largest absolute Gasteiger partial charge is 0.0616 e. The lowest BCUT2D eigenvalue weighted by molar-refractivity contribution is 0.590. The van der Waals surface area contributed by atoms with E-state index in [1.807, 2.05) is 18.2 Å². The molecule has 0 saturated carbocycles. The summed E-state index contributed by atoms with van der Waals surface area (Å²) in [7, 11) is 0. The molecule has 3 aromatic carbocycles. The van der Waals surface area contributed by atoms with Crippen LogP contribution < -0.4 is 0 Å². The molecule has 0 aliphatic carbocycles. The van der Waals surface area contributed by atoms with Gasteiger partial charge >= 0.3 is 0 Å². The van der Waals surface area contributed by atoms with Gasteiger partial charge in [-0.05, 0) is 39.3 Å². The van der Waals surface area contributed by atoms with Crippen LogP contribution in [0, 0.1) is 6.07 Å². The smallest absolute Gasteiger partial charge is 0.00992 e. The monoisotopic (exact) mass is 285 g/mol. The lowest BCUT2D eigenvalue weighted by atomic mass is 9.86. The summed E-state index contributed by atoms with van der Waals surface area (Å²) in [5.41, 5.74) is 6.42. The second-order valence-corrected chi connectivity index (χ2v) is 6.68. The standard InChI is InChI=1S/C22H21/c1-22(2,3)21-15-13-20(14-16-21)19-11-9-18(10-12-19)17-7-5-4-6-8-17/h4-7,9-16H,1-3H3. The van der Waals surface area contributed by atoms with Crippen molar-refractivity contribution in [1.29, 1.82) is 0 Å². The molecule has 0 heteroatoms. The van der Waals surface area contributed by atoms with Crippen LogP contribution in [-0.2, 0) is 5.41 Å². The van der Waals surface area contributed by atoms with Crippen LogP contribution in [0.2, 0.25) is 0 Å². The Hall–Kier alpha value is -2.34. The zero-order valence-corrected chi connectivity index (χ0v) is 13.4. The maximum atomic E-state index is 3.27. The summed E-state index contributed by atoms with van der Waals surface area (Å²) in [5.74, 6) is 0. The predicted molar refractivity (Wildman–Crippen MR) is 94.9 cm³/mol. The highest BCUT2D eigenvalue weighted by molar-refractivity contribution is 5.70. The van der Waals surface area contributed by atoms with Crippen LogP contribution in [0.1, 0.15) is 26.3 Å². The zero-order chi connectivity index (χ0) is 15.6. The van der Waals surface area contributed by atoms with E-state index in [0.717, 1.165) is 5.56 Å². The first-order valence-electron chi connectivity index (χ1n) is 7.72. The number of rotatable bonds is 2. The molecular formula is C22H21. The minimum atomic E-state index is 0.200. The normalized spacial score (nSPS) is 11.4. The SMILES string of the molecule is CC(C)(C)c1ccc(-c2ccc(-c3[c]cccc3)cc2)cc1. The van der Waals surface area contributed by atoms with Crippen LogP contribution in [0.15, 0.2) is 72.8 Å². The topological polar surface area (TPSA) is 0 Å². The molecule has 3 rings (SSSR count). The molecule has 0 nitrogen and oxygen atoms in total. The molecule has 0 amide bonds. The average molecular weight is 285 g/mol. The van der Waals surface area contributed by atoms with Crippen molar-refractivity contribution in [2.45, 2.75) is 26.2 Å². The molecular weight excluding hydrogens is 264 g/mol. The molecule has 0 unspecified atom stereocenters. The van der Waals surface area contributed by atoms with Crippen LogP contribution in [0.25, 0.3) is 22.3 Å². The van der Waals surface area contributed by atoms with Crippen LogP contribution >= 0.6 is 0 Å². The number of hydrogen-bond donors (Lipinski definition) is 0. The molecule has 109 valence electrons. The quantitative estimate of drug-likeness (QED) is 0.532. The van der Waals surface area contributed by atoms with Gasteiger partial charge in [0.1, 0.15) is 0 Å². The van der Waals surface area contributed by atoms with Gasteiger partial charge in [-0.3, -0.25) is 0 Å². The van der Waals surface area contributed by atoms with E-state index in [9.17, 15) is 0 Å². The van der Waals surface area contributed by atoms with Gasteiger partial charge < -0.3 is 0 Å². The molecule has 0 N–H and O–H groups in total. The third kappa shape index (κ3) is 3.12. The number of benzene rings is 3. The van der Waals surface area contributed by atoms with Gasteiger partial charge in [0.2, 0.25) is 0 Å². The Kier molecular flexibility index (Phi) is 3.85. The van der Waals surface area contributed by atoms with E-state index in [0.29, 0.717) is 0 Å². The molecule has 0 aliphatic rings. The third-order valence-corrected chi connectivity index (χ3v) is 3.99. The maximum Gasteiger partial charge on any atom is -0.00992 e. The van der Waals surface area contributed by atoms with E-state index in [2.05, 4.69) is 81.4 Å². The Morgan fingerprint density at radius 3 is 1.68 bits per heavy atom. The molecule has 0 spiro atoms. The van der Waals surface area contributed by atoms with Crippen molar-refractivity contribution >= 4 is 0 Å². The highest BCUT2D eigenvalue weighted by atomic mass is 14.2. The first-order valence-corrected chi connectivity index (χ1v) is 7.72. The molecule has 1 radical (unpaired) electrons. The van der Waals surface area contributed by atoms with E-state index in [-0.39, 0.29) is 5.41 Å². The molecule has 3 aromatic rings. The van der Waals surface area contributed by atoms with Gasteiger partial charge in [-0.25, -0.2) is 0 Å². The zero-order valence-electron chi connectivity index (χ0n) is 13.4. The Balaban J connectivity index is 1.87. The van der Waals surface area contributed by atoms with Crippen molar-refractivity contribution in [3.8, 4) is 22.3 Å². The number of hydrogen-bond acceptors (Lipinski definition) is 0. The second kappa shape index (κ2) is 5.81. The van der Waals surface area contributed by atoms with Gasteiger partial charge in [0, 0.05) is 0 Å². The van der Waals surface area contributed by atoms with Crippen LogP contribution in [-0.4, -0.2) is 0 Å². The molecule has 0 heterocycles. The first-order chi connectivity index (χ1) is 10.5. The summed E-state index contributed by atoms with van der Waals surface area (Å²) in [4.78, 5) is 0. The van der Waals surface area contributed by atoms with Gasteiger partial charge in [0.25, 0.3) is 0 Å². The minimum Gasteiger partial charge on any atom is -0.0616 e. The summed E-state index contributed by atoms with van der Waals surface area (Å²) < 4.78 is 0. The lowest BCUT2D eigenvalue weighted by Crippen LogP contribution is -2.10. The van der Waals surface area contributed by atoms with Crippen molar-refractivity contribution < 1.29 is 0 Å². The second-order valence-electron chi connectivity index (χ2n) is 6.68. The van der Waals surface area contributed by atoms with E-state index in [1.54, 1.807) is 0 Å². The Morgan fingerprint density at radius 2 is 1.18 bits per heavy atom. The van der Waals surface area contributed by atoms with Gasteiger partial charge in [0.05, 0.1) is 0 Å². The molecule has 0 saturated heterocycles. The van der Waals surface area contributed by atoms with Crippen molar-refractivity contribution in [2.75, 3.05) is 0 Å². The fraction of sp³-hybridized carbons (Fsp3) is 0.182. The van der Waals surface area contributed by atoms with E-state index >= 15 is 0 Å². The summed E-state index contributed by atoms with van der Waals surface area (Å²) >= 11 is 0. The third-order valence-electron chi connectivity index (χ3n) is 3.99. The molecule has 22 heavy (non-hydrogen) atoms. The van der Waals surface area contributed by atoms with Gasteiger partial charge in [-0.15, -0.1) is 0 Å². The van der Waals surface area contributed by atoms with E-state index in [1.165, 1.54) is 22.3 Å². The summed E-state index contributed by atoms with van der Waals surface area (Å²) in [6.45, 7) is 6.73. The Morgan fingerprint density at radius 1 is 0.636 bits per heavy atom. The lowest BCUT2D eigenvalue weighted by Gasteiger charge is -2.19. The van der Waals surface area contributed by atoms with Crippen LogP contribution in [0.5, 0.6) is 0 Å². The predicted octanol–water partition coefficient (Wildman–Crippen LogP) is 6.12. The molecule has 0 aromatic heterocycles. The Bertz CT molecular complexity index is 727. The molecule has 0 fully saturated rings. The van der Waals surface area contributed by atoms with Gasteiger partial charge in [0.15, 0.2) is 0 Å². The first kappa shape index (κ1) is 14.6.